The molecule has 0 saturated heterocycles. The van der Waals surface area contributed by atoms with Gasteiger partial charge in [-0.25, -0.2) is 0 Å². The molecule has 200 valence electrons. The molecule has 1 heterocycles. The van der Waals surface area contributed by atoms with E-state index in [1.54, 1.807) is 24.3 Å². The minimum atomic E-state index is -1.02. The maximum Gasteiger partial charge on any atom is 0.262 e. The Kier molecular flexibility index (Phi) is 6.20. The second-order valence-corrected chi connectivity index (χ2v) is 10.7. The van der Waals surface area contributed by atoms with Gasteiger partial charge in [0.25, 0.3) is 11.8 Å². The summed E-state index contributed by atoms with van der Waals surface area (Å²) in [6.07, 6.45) is 2.23. The fourth-order valence-electron chi connectivity index (χ4n) is 6.38. The van der Waals surface area contributed by atoms with Gasteiger partial charge in [0, 0.05) is 6.42 Å². The molecule has 2 unspecified atom stereocenters. The minimum Gasteiger partial charge on any atom is -0.343 e. The van der Waals surface area contributed by atoms with Gasteiger partial charge in [0.1, 0.15) is 6.04 Å². The maximum atomic E-state index is 14.4. The maximum absolute atomic E-state index is 14.4. The van der Waals surface area contributed by atoms with Crippen LogP contribution in [0.1, 0.15) is 54.6 Å². The number of hydrogen-bond acceptors (Lipinski definition) is 3. The molecule has 0 bridgehead atoms. The molecular weight excluding hydrogens is 508 g/mol. The van der Waals surface area contributed by atoms with E-state index >= 15 is 0 Å². The van der Waals surface area contributed by atoms with Crippen molar-refractivity contribution in [2.45, 2.75) is 31.3 Å². The lowest BCUT2D eigenvalue weighted by Gasteiger charge is -2.29. The average Bonchev–Trinajstić information content (AvgIpc) is 3.55. The predicted molar refractivity (Wildman–Crippen MR) is 159 cm³/mol. The van der Waals surface area contributed by atoms with Crippen molar-refractivity contribution in [1.29, 1.82) is 0 Å². The van der Waals surface area contributed by atoms with E-state index in [9.17, 15) is 14.4 Å². The van der Waals surface area contributed by atoms with Gasteiger partial charge in [-0.3, -0.25) is 19.3 Å². The Balaban J connectivity index is 1.31. The summed E-state index contributed by atoms with van der Waals surface area (Å²) in [6, 6.07) is 35.3. The average molecular weight is 537 g/mol. The van der Waals surface area contributed by atoms with Crippen molar-refractivity contribution < 1.29 is 14.4 Å². The second-order valence-electron chi connectivity index (χ2n) is 10.7. The van der Waals surface area contributed by atoms with Crippen LogP contribution in [0.5, 0.6) is 0 Å². The lowest BCUT2D eigenvalue weighted by molar-refractivity contribution is -0.125. The first-order valence-electron chi connectivity index (χ1n) is 14.0. The molecule has 5 nitrogen and oxygen atoms in total. The van der Waals surface area contributed by atoms with E-state index in [0.717, 1.165) is 39.8 Å². The van der Waals surface area contributed by atoms with Gasteiger partial charge in [-0.2, -0.15) is 0 Å². The molecule has 2 aliphatic rings. The van der Waals surface area contributed by atoms with E-state index in [0.29, 0.717) is 11.1 Å². The van der Waals surface area contributed by atoms with Crippen LogP contribution in [0.4, 0.5) is 0 Å². The van der Waals surface area contributed by atoms with E-state index in [2.05, 4.69) is 35.6 Å². The van der Waals surface area contributed by atoms with Gasteiger partial charge in [0.2, 0.25) is 5.91 Å². The molecule has 0 radical (unpaired) electrons. The molecule has 2 atom stereocenters. The van der Waals surface area contributed by atoms with Crippen LogP contribution in [0.25, 0.3) is 10.8 Å². The highest BCUT2D eigenvalue weighted by Crippen LogP contribution is 2.37. The number of nitrogens with zero attached hydrogens (tertiary/aromatic N) is 1. The molecule has 0 saturated carbocycles. The molecule has 1 aliphatic heterocycles. The topological polar surface area (TPSA) is 66.5 Å². The van der Waals surface area contributed by atoms with E-state index in [1.807, 2.05) is 60.7 Å². The van der Waals surface area contributed by atoms with Gasteiger partial charge in [-0.1, -0.05) is 103 Å². The van der Waals surface area contributed by atoms with E-state index in [1.165, 1.54) is 16.5 Å². The summed E-state index contributed by atoms with van der Waals surface area (Å²) < 4.78 is 0. The van der Waals surface area contributed by atoms with Crippen molar-refractivity contribution in [3.63, 3.8) is 0 Å². The number of hydrogen-bond donors (Lipinski definition) is 1. The Hall–Kier alpha value is -5.03. The first kappa shape index (κ1) is 25.0. The lowest BCUT2D eigenvalue weighted by Crippen LogP contribution is -2.51. The number of aryl methyl sites for hydroxylation is 2. The van der Waals surface area contributed by atoms with E-state index in [4.69, 9.17) is 0 Å². The van der Waals surface area contributed by atoms with Crippen molar-refractivity contribution in [2.24, 2.45) is 0 Å². The summed E-state index contributed by atoms with van der Waals surface area (Å²) >= 11 is 0. The highest BCUT2D eigenvalue weighted by molar-refractivity contribution is 6.22. The molecule has 0 aromatic heterocycles. The molecular formula is C36H28N2O3. The minimum absolute atomic E-state index is 0.212. The molecule has 41 heavy (non-hydrogen) atoms. The molecule has 3 amide bonds. The number of fused-ring (bicyclic) bond motifs is 1. The van der Waals surface area contributed by atoms with E-state index in [-0.39, 0.29) is 12.3 Å². The highest BCUT2D eigenvalue weighted by atomic mass is 16.2. The smallest absolute Gasteiger partial charge is 0.262 e. The summed E-state index contributed by atoms with van der Waals surface area (Å²) in [5.74, 6) is -1.26. The van der Waals surface area contributed by atoms with Gasteiger partial charge in [0.05, 0.1) is 17.2 Å². The number of imide groups is 1. The van der Waals surface area contributed by atoms with Crippen molar-refractivity contribution in [2.75, 3.05) is 0 Å². The predicted octanol–water partition coefficient (Wildman–Crippen LogP) is 6.05. The van der Waals surface area contributed by atoms with Crippen molar-refractivity contribution in [3.05, 3.63) is 154 Å². The van der Waals surface area contributed by atoms with Crippen molar-refractivity contribution in [1.82, 2.24) is 10.2 Å². The summed E-state index contributed by atoms with van der Waals surface area (Å²) in [5.41, 5.74) is 6.10. The molecule has 7 rings (SSSR count). The van der Waals surface area contributed by atoms with Crippen molar-refractivity contribution >= 4 is 28.5 Å². The van der Waals surface area contributed by atoms with Crippen LogP contribution in [0.3, 0.4) is 0 Å². The van der Waals surface area contributed by atoms with Gasteiger partial charge >= 0.3 is 0 Å². The standard InChI is InChI=1S/C36H28N2O3/c39-34(31(22-23-10-3-1-4-11-23)38-35(40)29-15-7-8-16-30(29)36(38)41)37-33(26-12-5-2-6-13-26)28-21-20-25-19-18-24-14-9-17-27(28)32(24)25/h1-17,20-21,31,33H,18-19,22H2,(H,37,39). The molecule has 0 spiro atoms. The second kappa shape index (κ2) is 10.2. The molecule has 5 aromatic rings. The fourth-order valence-corrected chi connectivity index (χ4v) is 6.38. The zero-order valence-electron chi connectivity index (χ0n) is 22.4. The van der Waals surface area contributed by atoms with Crippen LogP contribution in [0, 0.1) is 0 Å². The quantitative estimate of drug-likeness (QED) is 0.258. The van der Waals surface area contributed by atoms with Gasteiger partial charge < -0.3 is 5.32 Å². The third-order valence-electron chi connectivity index (χ3n) is 8.35. The van der Waals surface area contributed by atoms with Crippen LogP contribution in [-0.4, -0.2) is 28.7 Å². The third-order valence-corrected chi connectivity index (χ3v) is 8.35. The first-order chi connectivity index (χ1) is 20.1. The Labute approximate surface area is 238 Å². The first-order valence-corrected chi connectivity index (χ1v) is 14.0. The van der Waals surface area contributed by atoms with Gasteiger partial charge in [-0.05, 0) is 63.6 Å². The molecule has 5 heteroatoms. The van der Waals surface area contributed by atoms with Crippen LogP contribution >= 0.6 is 0 Å². The Morgan fingerprint density at radius 3 is 1.98 bits per heavy atom. The molecule has 0 fully saturated rings. The van der Waals surface area contributed by atoms with Crippen LogP contribution in [-0.2, 0) is 24.1 Å². The summed E-state index contributed by atoms with van der Waals surface area (Å²) in [6.45, 7) is 0. The number of amides is 3. The van der Waals surface area contributed by atoms with Crippen LogP contribution in [0.15, 0.2) is 115 Å². The largest absolute Gasteiger partial charge is 0.343 e. The fraction of sp³-hybridized carbons (Fsp3) is 0.139. The van der Waals surface area contributed by atoms with Crippen molar-refractivity contribution in [3.8, 4) is 0 Å². The normalized spacial score (nSPS) is 15.2. The summed E-state index contributed by atoms with van der Waals surface area (Å²) in [4.78, 5) is 42.6. The molecule has 1 N–H and O–H groups in total. The number of carbonyl (C=O) groups excluding carboxylic acids is 3. The van der Waals surface area contributed by atoms with Gasteiger partial charge in [0.15, 0.2) is 0 Å². The third kappa shape index (κ3) is 4.30. The highest BCUT2D eigenvalue weighted by Gasteiger charge is 2.43. The number of carbonyl (C=O) groups is 3. The number of nitrogens with one attached hydrogen (secondary N) is 1. The number of benzene rings is 5. The Morgan fingerprint density at radius 1 is 0.683 bits per heavy atom. The zero-order valence-corrected chi connectivity index (χ0v) is 22.4. The summed E-state index contributed by atoms with van der Waals surface area (Å²) in [7, 11) is 0. The van der Waals surface area contributed by atoms with Crippen LogP contribution < -0.4 is 5.32 Å². The van der Waals surface area contributed by atoms with Gasteiger partial charge in [-0.15, -0.1) is 0 Å². The molecule has 5 aromatic carbocycles. The monoisotopic (exact) mass is 536 g/mol. The Morgan fingerprint density at radius 2 is 1.29 bits per heavy atom. The van der Waals surface area contributed by atoms with E-state index < -0.39 is 23.9 Å². The summed E-state index contributed by atoms with van der Waals surface area (Å²) in [5, 5.41) is 5.66. The van der Waals surface area contributed by atoms with Crippen LogP contribution in [0.2, 0.25) is 0 Å². The SMILES string of the molecule is O=C(NC(c1ccccc1)c1ccc2c3c(cccc13)CC2)C(Cc1ccccc1)N1C(=O)c2ccccc2C1=O. The zero-order chi connectivity index (χ0) is 27.9. The number of rotatable bonds is 7. The molecule has 1 aliphatic carbocycles. The lowest BCUT2D eigenvalue weighted by atomic mass is 9.91. The Bertz CT molecular complexity index is 1770.